The third-order valence-electron chi connectivity index (χ3n) is 5.52. The van der Waals surface area contributed by atoms with Gasteiger partial charge in [-0.05, 0) is 0 Å². The summed E-state index contributed by atoms with van der Waals surface area (Å²) >= 11 is 0. The van der Waals surface area contributed by atoms with E-state index in [2.05, 4.69) is 158 Å². The minimum absolute atomic E-state index is 0. The molecule has 3 radical (unpaired) electrons. The Morgan fingerprint density at radius 3 is 1.33 bits per heavy atom. The van der Waals surface area contributed by atoms with E-state index in [1.165, 1.54) is 31.9 Å². The zero-order chi connectivity index (χ0) is 24.7. The summed E-state index contributed by atoms with van der Waals surface area (Å²) in [6, 6.07) is 50.5. The minimum atomic E-state index is 0. The number of rotatable bonds is 2. The summed E-state index contributed by atoms with van der Waals surface area (Å²) in [5.74, 6) is 0. The van der Waals surface area contributed by atoms with E-state index in [9.17, 15) is 0 Å². The van der Waals surface area contributed by atoms with Gasteiger partial charge in [-0.15, -0.1) is 90.5 Å². The Bertz CT molecular complexity index is 1310. The van der Waals surface area contributed by atoms with Crippen LogP contribution in [0.25, 0.3) is 21.5 Å². The van der Waals surface area contributed by atoms with Gasteiger partial charge in [0.25, 0.3) is 0 Å². The first-order chi connectivity index (χ1) is 17.9. The van der Waals surface area contributed by atoms with Crippen molar-refractivity contribution in [1.82, 2.24) is 0 Å². The van der Waals surface area contributed by atoms with E-state index in [0.717, 1.165) is 15.9 Å². The van der Waals surface area contributed by atoms with Crippen LogP contribution >= 0.6 is 24.8 Å². The maximum absolute atomic E-state index is 2.99. The maximum atomic E-state index is 2.99. The van der Waals surface area contributed by atoms with E-state index in [1.807, 2.05) is 12.2 Å². The molecule has 0 amide bonds. The van der Waals surface area contributed by atoms with Crippen molar-refractivity contribution >= 4 is 66.3 Å². The molecule has 6 aromatic carbocycles. The fourth-order valence-corrected chi connectivity index (χ4v) is 4.74. The molecule has 0 saturated heterocycles. The molecule has 0 bridgehead atoms. The summed E-state index contributed by atoms with van der Waals surface area (Å²) in [5.41, 5.74) is 0. The summed E-state index contributed by atoms with van der Waals surface area (Å²) in [4.78, 5) is 0. The Morgan fingerprint density at radius 2 is 0.974 bits per heavy atom. The smallest absolute Gasteiger partial charge is 0.273 e. The van der Waals surface area contributed by atoms with Crippen LogP contribution < -0.4 is 10.4 Å². The van der Waals surface area contributed by atoms with E-state index in [0.29, 0.717) is 0 Å². The second-order valence-electron chi connectivity index (χ2n) is 8.17. The number of benzene rings is 4. The predicted molar refractivity (Wildman–Crippen MR) is 173 cm³/mol. The van der Waals surface area contributed by atoms with Gasteiger partial charge >= 0.3 is 26.2 Å². The van der Waals surface area contributed by atoms with Crippen molar-refractivity contribution in [2.24, 2.45) is 0 Å². The first-order valence-electron chi connectivity index (χ1n) is 12.2. The van der Waals surface area contributed by atoms with Crippen LogP contribution in [0.2, 0.25) is 0 Å². The second kappa shape index (κ2) is 20.2. The third-order valence-corrected chi connectivity index (χ3v) is 6.76. The molecule has 0 atom stereocenters. The van der Waals surface area contributed by atoms with E-state index in [4.69, 9.17) is 0 Å². The van der Waals surface area contributed by atoms with Crippen molar-refractivity contribution in [2.45, 2.75) is 6.42 Å². The first kappa shape index (κ1) is 34.3. The van der Waals surface area contributed by atoms with Gasteiger partial charge in [0.2, 0.25) is 0 Å². The molecule has 39 heavy (non-hydrogen) atoms. The van der Waals surface area contributed by atoms with E-state index < -0.39 is 0 Å². The molecule has 0 unspecified atom stereocenters. The largest absolute Gasteiger partial charge is 3.00 e. The topological polar surface area (TPSA) is 0 Å². The number of halogens is 2. The summed E-state index contributed by atoms with van der Waals surface area (Å²) in [7, 11) is 0.777. The first-order valence-corrected chi connectivity index (χ1v) is 13.2. The SMILES string of the molecule is Cl.Cl.[C-]1=CC=CC1.[Zr+3].c1ccc([Si]c2ccccc2)cc1.c1ccc2[cH-]ccc2c1.c1ccc2[cH-]ccc2c1. The molecule has 0 heterocycles. The number of hydrogen-bond acceptors (Lipinski definition) is 0. The molecule has 0 aromatic heterocycles. The fourth-order valence-electron chi connectivity index (χ4n) is 3.69. The Kier molecular flexibility index (Phi) is 17.8. The van der Waals surface area contributed by atoms with Gasteiger partial charge in [0.1, 0.15) is 9.52 Å². The molecule has 0 spiro atoms. The molecular weight excluding hydrogens is 611 g/mol. The molecule has 1 aliphatic carbocycles. The zero-order valence-electron chi connectivity index (χ0n) is 21.6. The monoisotopic (exact) mass is 639 g/mol. The standard InChI is InChI=1S/C12H10Si.2C9H7.C5H5.2ClH.Zr/c1-3-7-11(8-4-1)13-12-9-5-2-6-10-12;2*1-2-5-9-7-3-6-8(9)4-1;1-2-4-5-3-1;;;/h1-10H;2*1-7H;1-3H,4H2;2*1H;/q;3*-1;;;+3. The number of allylic oxidation sites excluding steroid dienone is 4. The average molecular weight is 642 g/mol. The van der Waals surface area contributed by atoms with Gasteiger partial charge in [-0.2, -0.15) is 41.1 Å². The number of fused-ring (bicyclic) bond motifs is 2. The predicted octanol–water partition coefficient (Wildman–Crippen LogP) is 8.61. The van der Waals surface area contributed by atoms with Gasteiger partial charge < -0.3 is 0 Å². The molecule has 1 aliphatic rings. The van der Waals surface area contributed by atoms with Crippen molar-refractivity contribution < 1.29 is 26.2 Å². The summed E-state index contributed by atoms with van der Waals surface area (Å²) in [6.07, 6.45) is 10.0. The summed E-state index contributed by atoms with van der Waals surface area (Å²) in [6.45, 7) is 0. The minimum Gasteiger partial charge on any atom is -0.273 e. The van der Waals surface area contributed by atoms with E-state index in [-0.39, 0.29) is 51.0 Å². The van der Waals surface area contributed by atoms with Crippen molar-refractivity contribution in [3.63, 3.8) is 0 Å². The van der Waals surface area contributed by atoms with Gasteiger partial charge in [-0.25, -0.2) is 12.2 Å². The van der Waals surface area contributed by atoms with E-state index in [1.54, 1.807) is 0 Å². The van der Waals surface area contributed by atoms with Gasteiger partial charge in [-0.1, -0.05) is 83.2 Å². The van der Waals surface area contributed by atoms with Gasteiger partial charge in [0.05, 0.1) is 0 Å². The van der Waals surface area contributed by atoms with Crippen LogP contribution in [-0.2, 0) is 26.2 Å². The molecule has 0 saturated carbocycles. The molecule has 193 valence electrons. The summed E-state index contributed by atoms with van der Waals surface area (Å²) in [5, 5.41) is 8.12. The Morgan fingerprint density at radius 1 is 0.538 bits per heavy atom. The van der Waals surface area contributed by atoms with Gasteiger partial charge in [0, 0.05) is 0 Å². The molecular formula is C35H31Cl2SiZr. The van der Waals surface area contributed by atoms with Crippen LogP contribution in [0.15, 0.2) is 164 Å². The maximum Gasteiger partial charge on any atom is 3.00 e. The van der Waals surface area contributed by atoms with E-state index >= 15 is 0 Å². The van der Waals surface area contributed by atoms with Crippen LogP contribution in [0.3, 0.4) is 0 Å². The Balaban J connectivity index is 0.000000264. The van der Waals surface area contributed by atoms with Crippen LogP contribution in [-0.4, -0.2) is 9.52 Å². The van der Waals surface area contributed by atoms with Crippen molar-refractivity contribution in [2.75, 3.05) is 0 Å². The quantitative estimate of drug-likeness (QED) is 0.131. The summed E-state index contributed by atoms with van der Waals surface area (Å²) < 4.78 is 0. The molecule has 0 nitrogen and oxygen atoms in total. The van der Waals surface area contributed by atoms with Gasteiger partial charge in [-0.3, -0.25) is 6.08 Å². The zero-order valence-corrected chi connectivity index (χ0v) is 26.7. The molecule has 0 N–H and O–H groups in total. The van der Waals surface area contributed by atoms with Crippen molar-refractivity contribution in [1.29, 1.82) is 0 Å². The van der Waals surface area contributed by atoms with Crippen molar-refractivity contribution in [3.8, 4) is 0 Å². The second-order valence-corrected chi connectivity index (χ2v) is 9.57. The number of hydrogen-bond donors (Lipinski definition) is 0. The van der Waals surface area contributed by atoms with Crippen LogP contribution in [0.4, 0.5) is 0 Å². The molecule has 0 fully saturated rings. The fraction of sp³-hybridized carbons (Fsp3) is 0.0286. The molecule has 6 aromatic rings. The normalized spacial score (nSPS) is 10.3. The average Bonchev–Trinajstić information content (AvgIpc) is 3.74. The van der Waals surface area contributed by atoms with Crippen LogP contribution in [0, 0.1) is 6.08 Å². The van der Waals surface area contributed by atoms with Crippen LogP contribution in [0.5, 0.6) is 0 Å². The van der Waals surface area contributed by atoms with Crippen molar-refractivity contribution in [3.05, 3.63) is 170 Å². The molecule has 7 rings (SSSR count). The Hall–Kier alpha value is -2.74. The van der Waals surface area contributed by atoms with Crippen LogP contribution in [0.1, 0.15) is 6.42 Å². The molecule has 0 aliphatic heterocycles. The third kappa shape index (κ3) is 12.3. The molecule has 4 heteroatoms. The Labute approximate surface area is 267 Å². The van der Waals surface area contributed by atoms with Gasteiger partial charge in [0.15, 0.2) is 0 Å².